The van der Waals surface area contributed by atoms with E-state index in [1.807, 2.05) is 13.0 Å². The molecule has 2 heterocycles. The van der Waals surface area contributed by atoms with Crippen LogP contribution >= 0.6 is 23.6 Å². The Kier molecular flexibility index (Phi) is 7.72. The Morgan fingerprint density at radius 3 is 2.82 bits per heavy atom. The van der Waals surface area contributed by atoms with Gasteiger partial charge in [-0.2, -0.15) is 0 Å². The van der Waals surface area contributed by atoms with Crippen LogP contribution in [0.1, 0.15) is 64.5 Å². The normalized spacial score (nSPS) is 13.5. The number of hydrogen-bond acceptors (Lipinski definition) is 6. The van der Waals surface area contributed by atoms with Crippen molar-refractivity contribution in [3.63, 3.8) is 0 Å². The number of thiocarbonyl (C=S) groups is 1. The van der Waals surface area contributed by atoms with E-state index in [4.69, 9.17) is 17.0 Å². The lowest BCUT2D eigenvalue weighted by Crippen LogP contribution is -2.21. The minimum Gasteiger partial charge on any atom is -0.462 e. The first-order chi connectivity index (χ1) is 16.0. The lowest BCUT2D eigenvalue weighted by molar-refractivity contribution is 0.0526. The first-order valence-electron chi connectivity index (χ1n) is 11.4. The standard InChI is InChI=1S/C24H29N5O2S2/c1-3-31-22(30)20-18-11-6-4-5-7-12-19(18)33-21(20)26-24(32)27-23-25-15-29(28-23)14-17-10-8-9-16(2)13-17/h8-10,13,15H,3-7,11-12,14H2,1-2H3,(H2,26,27,28,32). The average molecular weight is 484 g/mol. The second-order valence-electron chi connectivity index (χ2n) is 8.18. The van der Waals surface area contributed by atoms with Gasteiger partial charge in [-0.15, -0.1) is 16.4 Å². The molecule has 7 nitrogen and oxygen atoms in total. The number of aryl methyl sites for hydroxylation is 2. The maximum Gasteiger partial charge on any atom is 0.341 e. The van der Waals surface area contributed by atoms with E-state index >= 15 is 0 Å². The number of fused-ring (bicyclic) bond motifs is 1. The first kappa shape index (κ1) is 23.4. The Labute approximate surface area is 203 Å². The van der Waals surface area contributed by atoms with Crippen molar-refractivity contribution in [2.24, 2.45) is 0 Å². The molecule has 3 aromatic rings. The van der Waals surface area contributed by atoms with Crippen molar-refractivity contribution in [1.82, 2.24) is 14.8 Å². The van der Waals surface area contributed by atoms with Crippen molar-refractivity contribution in [2.45, 2.75) is 58.9 Å². The number of esters is 1. The number of anilines is 2. The number of carbonyl (C=O) groups excluding carboxylic acids is 1. The third-order valence-electron chi connectivity index (χ3n) is 5.57. The zero-order valence-electron chi connectivity index (χ0n) is 19.0. The van der Waals surface area contributed by atoms with Gasteiger partial charge in [-0.1, -0.05) is 42.7 Å². The van der Waals surface area contributed by atoms with Crippen LogP contribution in [0, 0.1) is 6.92 Å². The summed E-state index contributed by atoms with van der Waals surface area (Å²) in [6.07, 6.45) is 8.20. The highest BCUT2D eigenvalue weighted by atomic mass is 32.1. The van der Waals surface area contributed by atoms with Crippen LogP contribution in [0.2, 0.25) is 0 Å². The lowest BCUT2D eigenvalue weighted by atomic mass is 9.96. The van der Waals surface area contributed by atoms with E-state index in [0.717, 1.165) is 41.8 Å². The quantitative estimate of drug-likeness (QED) is 0.362. The first-order valence-corrected chi connectivity index (χ1v) is 12.6. The molecule has 1 aliphatic rings. The molecule has 9 heteroatoms. The molecule has 0 atom stereocenters. The SMILES string of the molecule is CCOC(=O)c1c(NC(=S)Nc2ncn(Cc3cccc(C)c3)n2)sc2c1CCCCCC2. The molecule has 0 saturated heterocycles. The molecule has 1 aromatic carbocycles. The minimum absolute atomic E-state index is 0.290. The molecule has 0 fully saturated rings. The van der Waals surface area contributed by atoms with Crippen LogP contribution in [0.3, 0.4) is 0 Å². The van der Waals surface area contributed by atoms with Crippen LogP contribution in [-0.4, -0.2) is 32.5 Å². The van der Waals surface area contributed by atoms with Gasteiger partial charge < -0.3 is 10.1 Å². The lowest BCUT2D eigenvalue weighted by Gasteiger charge is -2.12. The van der Waals surface area contributed by atoms with Gasteiger partial charge in [0.25, 0.3) is 0 Å². The number of benzene rings is 1. The summed E-state index contributed by atoms with van der Waals surface area (Å²) in [5.74, 6) is 0.120. The molecule has 0 amide bonds. The number of aromatic nitrogens is 3. The number of rotatable bonds is 6. The van der Waals surface area contributed by atoms with Gasteiger partial charge in [0.15, 0.2) is 5.11 Å². The third kappa shape index (κ3) is 5.97. The van der Waals surface area contributed by atoms with Gasteiger partial charge >= 0.3 is 5.97 Å². The number of nitrogens with zero attached hydrogens (tertiary/aromatic N) is 3. The zero-order valence-corrected chi connectivity index (χ0v) is 20.7. The van der Waals surface area contributed by atoms with Gasteiger partial charge in [-0.25, -0.2) is 14.5 Å². The molecule has 174 valence electrons. The van der Waals surface area contributed by atoms with Crippen LogP contribution in [0.5, 0.6) is 0 Å². The maximum absolute atomic E-state index is 12.8. The van der Waals surface area contributed by atoms with Gasteiger partial charge in [-0.3, -0.25) is 5.32 Å². The second-order valence-corrected chi connectivity index (χ2v) is 9.69. The highest BCUT2D eigenvalue weighted by Gasteiger charge is 2.25. The van der Waals surface area contributed by atoms with E-state index in [9.17, 15) is 4.79 Å². The van der Waals surface area contributed by atoms with Gasteiger partial charge in [0, 0.05) is 4.88 Å². The van der Waals surface area contributed by atoms with Crippen LogP contribution in [-0.2, 0) is 24.1 Å². The zero-order chi connectivity index (χ0) is 23.2. The maximum atomic E-state index is 12.8. The molecule has 0 radical (unpaired) electrons. The van der Waals surface area contributed by atoms with E-state index in [1.54, 1.807) is 22.3 Å². The predicted molar refractivity (Wildman–Crippen MR) is 136 cm³/mol. The number of ether oxygens (including phenoxy) is 1. The van der Waals surface area contributed by atoms with Crippen LogP contribution in [0.25, 0.3) is 0 Å². The molecule has 0 unspecified atom stereocenters. The molecule has 2 aromatic heterocycles. The summed E-state index contributed by atoms with van der Waals surface area (Å²) in [5.41, 5.74) is 4.10. The number of carbonyl (C=O) groups is 1. The van der Waals surface area contributed by atoms with E-state index < -0.39 is 0 Å². The molecule has 0 saturated carbocycles. The van der Waals surface area contributed by atoms with E-state index in [-0.39, 0.29) is 5.97 Å². The molecule has 0 spiro atoms. The van der Waals surface area contributed by atoms with Crippen molar-refractivity contribution in [3.05, 3.63) is 57.7 Å². The molecule has 0 bridgehead atoms. The Morgan fingerprint density at radius 1 is 1.21 bits per heavy atom. The molecule has 0 aliphatic heterocycles. The number of thiophene rings is 1. The fourth-order valence-corrected chi connectivity index (χ4v) is 5.63. The summed E-state index contributed by atoms with van der Waals surface area (Å²) in [6, 6.07) is 8.29. The predicted octanol–water partition coefficient (Wildman–Crippen LogP) is 5.34. The minimum atomic E-state index is -0.290. The summed E-state index contributed by atoms with van der Waals surface area (Å²) < 4.78 is 7.13. The van der Waals surface area contributed by atoms with Gasteiger partial charge in [0.1, 0.15) is 11.3 Å². The Morgan fingerprint density at radius 2 is 2.03 bits per heavy atom. The number of nitrogens with one attached hydrogen (secondary N) is 2. The van der Waals surface area contributed by atoms with Crippen molar-refractivity contribution < 1.29 is 9.53 Å². The topological polar surface area (TPSA) is 81.1 Å². The second kappa shape index (κ2) is 10.9. The summed E-state index contributed by atoms with van der Waals surface area (Å²) in [4.78, 5) is 18.4. The summed E-state index contributed by atoms with van der Waals surface area (Å²) in [6.45, 7) is 4.86. The molecule has 2 N–H and O–H groups in total. The van der Waals surface area contributed by atoms with Crippen molar-refractivity contribution in [1.29, 1.82) is 0 Å². The average Bonchev–Trinajstić information content (AvgIpc) is 3.32. The van der Waals surface area contributed by atoms with E-state index in [2.05, 4.69) is 45.8 Å². The van der Waals surface area contributed by atoms with Crippen LogP contribution in [0.15, 0.2) is 30.6 Å². The number of hydrogen-bond donors (Lipinski definition) is 2. The molecular formula is C24H29N5O2S2. The van der Waals surface area contributed by atoms with E-state index in [0.29, 0.717) is 29.8 Å². The van der Waals surface area contributed by atoms with Gasteiger partial charge in [0.2, 0.25) is 5.95 Å². The smallest absolute Gasteiger partial charge is 0.341 e. The van der Waals surface area contributed by atoms with Gasteiger partial charge in [0.05, 0.1) is 18.7 Å². The van der Waals surface area contributed by atoms with E-state index in [1.165, 1.54) is 23.3 Å². The Balaban J connectivity index is 1.47. The monoisotopic (exact) mass is 483 g/mol. The Bertz CT molecular complexity index is 1140. The molecule has 4 rings (SSSR count). The highest BCUT2D eigenvalue weighted by molar-refractivity contribution is 7.80. The fraction of sp³-hybridized carbons (Fsp3) is 0.417. The summed E-state index contributed by atoms with van der Waals surface area (Å²) >= 11 is 7.12. The molecule has 33 heavy (non-hydrogen) atoms. The summed E-state index contributed by atoms with van der Waals surface area (Å²) in [7, 11) is 0. The summed E-state index contributed by atoms with van der Waals surface area (Å²) in [5, 5.41) is 11.8. The molecular weight excluding hydrogens is 454 g/mol. The Hall–Kier alpha value is -2.78. The largest absolute Gasteiger partial charge is 0.462 e. The van der Waals surface area contributed by atoms with Crippen molar-refractivity contribution in [2.75, 3.05) is 17.2 Å². The molecule has 1 aliphatic carbocycles. The van der Waals surface area contributed by atoms with Gasteiger partial charge in [-0.05, 0) is 62.9 Å². The highest BCUT2D eigenvalue weighted by Crippen LogP contribution is 2.37. The third-order valence-corrected chi connectivity index (χ3v) is 6.98. The van der Waals surface area contributed by atoms with Crippen molar-refractivity contribution >= 4 is 45.6 Å². The van der Waals surface area contributed by atoms with Crippen LogP contribution in [0.4, 0.5) is 10.9 Å². The van der Waals surface area contributed by atoms with Crippen molar-refractivity contribution in [3.8, 4) is 0 Å². The van der Waals surface area contributed by atoms with Crippen LogP contribution < -0.4 is 10.6 Å². The fourth-order valence-electron chi connectivity index (χ4n) is 4.09.